The van der Waals surface area contributed by atoms with Gasteiger partial charge in [0.25, 0.3) is 0 Å². The molecule has 1 aliphatic rings. The van der Waals surface area contributed by atoms with Gasteiger partial charge in [0.05, 0.1) is 0 Å². The van der Waals surface area contributed by atoms with E-state index in [9.17, 15) is 0 Å². The summed E-state index contributed by atoms with van der Waals surface area (Å²) >= 11 is -2.05. The van der Waals surface area contributed by atoms with E-state index >= 15 is 0 Å². The molecule has 1 aromatic rings. The van der Waals surface area contributed by atoms with Gasteiger partial charge in [0.2, 0.25) is 0 Å². The first-order valence-electron chi connectivity index (χ1n) is 4.77. The normalized spacial score (nSPS) is 17.5. The van der Waals surface area contributed by atoms with Crippen molar-refractivity contribution in [3.8, 4) is 0 Å². The molecule has 13 heavy (non-hydrogen) atoms. The number of rotatable bonds is 2. The molecule has 0 amide bonds. The van der Waals surface area contributed by atoms with Crippen LogP contribution < -0.4 is 3.84 Å². The first-order chi connectivity index (χ1) is 6.07. The molecule has 1 aromatic heterocycles. The van der Waals surface area contributed by atoms with Gasteiger partial charge in [-0.3, -0.25) is 0 Å². The van der Waals surface area contributed by atoms with Gasteiger partial charge >= 0.3 is 82.9 Å². The van der Waals surface area contributed by atoms with Gasteiger partial charge in [0.15, 0.2) is 0 Å². The molecule has 0 radical (unpaired) electrons. The van der Waals surface area contributed by atoms with E-state index in [4.69, 9.17) is 0 Å². The molecule has 3 nitrogen and oxygen atoms in total. The Morgan fingerprint density at radius 1 is 1.23 bits per heavy atom. The van der Waals surface area contributed by atoms with Crippen molar-refractivity contribution in [3.05, 3.63) is 11.9 Å². The van der Waals surface area contributed by atoms with Crippen molar-refractivity contribution in [1.29, 1.82) is 0 Å². The third-order valence-electron chi connectivity index (χ3n) is 2.25. The molecule has 0 N–H and O–H groups in total. The molecule has 4 heteroatoms. The Hall–Kier alpha value is -0.191. The molecule has 0 unspecified atom stereocenters. The van der Waals surface area contributed by atoms with Crippen molar-refractivity contribution >= 4 is 22.2 Å². The Kier molecular flexibility index (Phi) is 2.30. The second-order valence-corrected chi connectivity index (χ2v) is 18.9. The van der Waals surface area contributed by atoms with Crippen molar-refractivity contribution < 1.29 is 0 Å². The van der Waals surface area contributed by atoms with E-state index in [0.717, 1.165) is 9.53 Å². The summed E-state index contributed by atoms with van der Waals surface area (Å²) < 4.78 is 1.04. The average Bonchev–Trinajstić information content (AvgIpc) is 2.85. The number of aromatic nitrogens is 3. The van der Waals surface area contributed by atoms with E-state index in [1.807, 2.05) is 6.20 Å². The van der Waals surface area contributed by atoms with E-state index in [1.54, 1.807) is 0 Å². The van der Waals surface area contributed by atoms with Crippen LogP contribution in [0.2, 0.25) is 14.8 Å². The van der Waals surface area contributed by atoms with Crippen LogP contribution in [0.5, 0.6) is 0 Å². The summed E-state index contributed by atoms with van der Waals surface area (Å²) in [5.74, 6) is 0.671. The van der Waals surface area contributed by atoms with Crippen LogP contribution in [0.15, 0.2) is 6.20 Å². The fourth-order valence-electron chi connectivity index (χ4n) is 1.19. The minimum atomic E-state index is -2.05. The maximum absolute atomic E-state index is 4.43. The first kappa shape index (κ1) is 9.37. The summed E-state index contributed by atoms with van der Waals surface area (Å²) in [5.41, 5.74) is 1.10. The van der Waals surface area contributed by atoms with Crippen LogP contribution in [0.4, 0.5) is 0 Å². The Labute approximate surface area is 82.9 Å². The first-order valence-corrected chi connectivity index (χ1v) is 14.8. The number of hydrogen-bond acceptors (Lipinski definition) is 3. The average molecular weight is 284 g/mol. The second-order valence-electron chi connectivity index (χ2n) is 4.73. The van der Waals surface area contributed by atoms with E-state index < -0.39 is 18.4 Å². The predicted octanol–water partition coefficient (Wildman–Crippen LogP) is 1.29. The Morgan fingerprint density at radius 2 is 1.92 bits per heavy atom. The topological polar surface area (TPSA) is 38.7 Å². The van der Waals surface area contributed by atoms with Crippen LogP contribution in [-0.4, -0.2) is 33.6 Å². The van der Waals surface area contributed by atoms with E-state index in [-0.39, 0.29) is 0 Å². The monoisotopic (exact) mass is 285 g/mol. The van der Waals surface area contributed by atoms with Crippen LogP contribution in [0.25, 0.3) is 0 Å². The second kappa shape index (κ2) is 3.19. The van der Waals surface area contributed by atoms with Gasteiger partial charge in [0, 0.05) is 0 Å². The molecular formula is C9H15N3Sn. The Morgan fingerprint density at radius 3 is 2.31 bits per heavy atom. The number of nitrogens with zero attached hydrogens (tertiary/aromatic N) is 3. The molecule has 0 saturated heterocycles. The summed E-state index contributed by atoms with van der Waals surface area (Å²) in [4.78, 5) is 11.4. The van der Waals surface area contributed by atoms with Gasteiger partial charge in [-0.1, -0.05) is 0 Å². The van der Waals surface area contributed by atoms with Crippen molar-refractivity contribution in [2.75, 3.05) is 0 Å². The van der Waals surface area contributed by atoms with Crippen LogP contribution in [0, 0.1) is 0 Å². The molecule has 1 aliphatic carbocycles. The molecule has 0 aromatic carbocycles. The number of hydrogen-bond donors (Lipinski definition) is 0. The van der Waals surface area contributed by atoms with E-state index in [2.05, 4.69) is 30.0 Å². The molecule has 0 bridgehead atoms. The maximum atomic E-state index is 4.43. The van der Waals surface area contributed by atoms with Gasteiger partial charge in [-0.05, 0) is 0 Å². The zero-order valence-corrected chi connectivity index (χ0v) is 11.3. The molecule has 0 aliphatic heterocycles. The van der Waals surface area contributed by atoms with Crippen LogP contribution in [0.3, 0.4) is 0 Å². The van der Waals surface area contributed by atoms with Crippen molar-refractivity contribution in [2.24, 2.45) is 0 Å². The summed E-state index contributed by atoms with van der Waals surface area (Å²) in [6.45, 7) is 0. The van der Waals surface area contributed by atoms with Gasteiger partial charge in [0.1, 0.15) is 0 Å². The molecule has 1 heterocycles. The summed E-state index contributed by atoms with van der Waals surface area (Å²) in [6, 6.07) is 0. The minimum absolute atomic E-state index is 0.671. The van der Waals surface area contributed by atoms with Gasteiger partial charge < -0.3 is 0 Å². The summed E-state index contributed by atoms with van der Waals surface area (Å²) in [6.07, 6.45) is 4.48. The fraction of sp³-hybridized carbons (Fsp3) is 0.667. The van der Waals surface area contributed by atoms with Crippen molar-refractivity contribution in [3.63, 3.8) is 0 Å². The Bertz CT molecular complexity index is 298. The zero-order chi connectivity index (χ0) is 9.47. The van der Waals surface area contributed by atoms with Crippen LogP contribution in [-0.2, 0) is 0 Å². The Balaban J connectivity index is 2.22. The van der Waals surface area contributed by atoms with E-state index in [0.29, 0.717) is 5.92 Å². The summed E-state index contributed by atoms with van der Waals surface area (Å²) in [5, 5.41) is 8.49. The predicted molar refractivity (Wildman–Crippen MR) is 54.8 cm³/mol. The standard InChI is InChI=1S/C6H6N3.3CH3.Sn/c1-2-5(1)6-3-7-4-8-9-6;;;;/h3,5H,1-2H2;3*1H3;. The molecule has 70 valence electrons. The molecule has 0 atom stereocenters. The van der Waals surface area contributed by atoms with Gasteiger partial charge in [-0.15, -0.1) is 0 Å². The third kappa shape index (κ3) is 2.18. The molecule has 0 spiro atoms. The van der Waals surface area contributed by atoms with Crippen molar-refractivity contribution in [2.45, 2.75) is 33.6 Å². The van der Waals surface area contributed by atoms with Crippen molar-refractivity contribution in [1.82, 2.24) is 15.2 Å². The molecule has 2 rings (SSSR count). The van der Waals surface area contributed by atoms with Gasteiger partial charge in [-0.2, -0.15) is 0 Å². The van der Waals surface area contributed by atoms with Crippen LogP contribution in [0.1, 0.15) is 24.5 Å². The molecular weight excluding hydrogens is 269 g/mol. The zero-order valence-electron chi connectivity index (χ0n) is 8.41. The van der Waals surface area contributed by atoms with Crippen LogP contribution >= 0.6 is 0 Å². The quantitative estimate of drug-likeness (QED) is 0.768. The third-order valence-corrected chi connectivity index (χ3v) is 6.73. The summed E-state index contributed by atoms with van der Waals surface area (Å²) in [7, 11) is 0. The molecule has 1 fully saturated rings. The SMILES string of the molecule is [CH3][Sn]([CH3])([CH3])[c]1ncc(C2CC2)nn1. The van der Waals surface area contributed by atoms with E-state index in [1.165, 1.54) is 12.8 Å². The van der Waals surface area contributed by atoms with Gasteiger partial charge in [-0.25, -0.2) is 0 Å². The fourth-order valence-corrected chi connectivity index (χ4v) is 3.48. The molecule has 1 saturated carbocycles.